The first-order valence-electron chi connectivity index (χ1n) is 10.5. The number of methoxy groups -OCH3 is 1. The van der Waals surface area contributed by atoms with E-state index in [9.17, 15) is 9.59 Å². The van der Waals surface area contributed by atoms with Crippen molar-refractivity contribution in [2.24, 2.45) is 0 Å². The second-order valence-electron chi connectivity index (χ2n) is 7.59. The molecule has 5 aromatic rings. The van der Waals surface area contributed by atoms with Crippen LogP contribution in [0.1, 0.15) is 10.4 Å². The predicted octanol–water partition coefficient (Wildman–Crippen LogP) is 5.88. The Bertz CT molecular complexity index is 1530. The minimum atomic E-state index is -0.325. The highest BCUT2D eigenvalue weighted by molar-refractivity contribution is 6.01. The van der Waals surface area contributed by atoms with Crippen molar-refractivity contribution in [2.75, 3.05) is 13.7 Å². The average Bonchev–Trinajstić information content (AvgIpc) is 2.87. The van der Waals surface area contributed by atoms with Gasteiger partial charge in [0.2, 0.25) is 11.2 Å². The third-order valence-electron chi connectivity index (χ3n) is 5.53. The molecule has 0 aliphatic rings. The molecule has 0 spiro atoms. The summed E-state index contributed by atoms with van der Waals surface area (Å²) in [6.07, 6.45) is 0. The fraction of sp³-hybridized carbons (Fsp3) is 0.0714. The fourth-order valence-corrected chi connectivity index (χ4v) is 3.77. The molecular formula is C28H20O5. The molecule has 0 amide bonds. The molecule has 0 unspecified atom stereocenters. The Morgan fingerprint density at radius 1 is 0.848 bits per heavy atom. The lowest BCUT2D eigenvalue weighted by Gasteiger charge is -2.12. The Kier molecular flexibility index (Phi) is 5.37. The van der Waals surface area contributed by atoms with Gasteiger partial charge in [-0.1, -0.05) is 48.5 Å². The second kappa shape index (κ2) is 8.63. The van der Waals surface area contributed by atoms with Crippen molar-refractivity contribution in [3.63, 3.8) is 0 Å². The van der Waals surface area contributed by atoms with Crippen molar-refractivity contribution in [3.05, 3.63) is 107 Å². The molecule has 0 aliphatic heterocycles. The molecule has 0 N–H and O–H groups in total. The lowest BCUT2D eigenvalue weighted by atomic mass is 10.0. The molecule has 0 atom stereocenters. The number of hydrogen-bond acceptors (Lipinski definition) is 5. The summed E-state index contributed by atoms with van der Waals surface area (Å²) in [7, 11) is 1.58. The number of ether oxygens (including phenoxy) is 2. The first-order valence-corrected chi connectivity index (χ1v) is 10.5. The molecule has 0 bridgehead atoms. The molecule has 0 saturated carbocycles. The predicted molar refractivity (Wildman–Crippen MR) is 128 cm³/mol. The summed E-state index contributed by atoms with van der Waals surface area (Å²) in [4.78, 5) is 26.1. The van der Waals surface area contributed by atoms with Gasteiger partial charge in [-0.25, -0.2) is 0 Å². The van der Waals surface area contributed by atoms with Crippen LogP contribution in [0.15, 0.2) is 100 Å². The maximum atomic E-state index is 13.2. The van der Waals surface area contributed by atoms with Gasteiger partial charge >= 0.3 is 0 Å². The number of hydrogen-bond donors (Lipinski definition) is 0. The van der Waals surface area contributed by atoms with Gasteiger partial charge in [0.25, 0.3) is 0 Å². The summed E-state index contributed by atoms with van der Waals surface area (Å²) < 4.78 is 17.1. The van der Waals surface area contributed by atoms with Gasteiger partial charge < -0.3 is 13.9 Å². The Morgan fingerprint density at radius 2 is 1.58 bits per heavy atom. The summed E-state index contributed by atoms with van der Waals surface area (Å²) in [5, 5.41) is 2.40. The van der Waals surface area contributed by atoms with E-state index in [1.165, 1.54) is 0 Å². The Labute approximate surface area is 189 Å². The Morgan fingerprint density at radius 3 is 2.36 bits per heavy atom. The molecular weight excluding hydrogens is 416 g/mol. The number of fused-ring (bicyclic) bond motifs is 2. The summed E-state index contributed by atoms with van der Waals surface area (Å²) in [6, 6.07) is 27.4. The van der Waals surface area contributed by atoms with Gasteiger partial charge in [-0.05, 0) is 53.2 Å². The molecule has 162 valence electrons. The molecule has 5 heteroatoms. The van der Waals surface area contributed by atoms with Crippen LogP contribution in [0.4, 0.5) is 0 Å². The minimum Gasteiger partial charge on any atom is -0.497 e. The number of para-hydroxylation sites is 1. The largest absolute Gasteiger partial charge is 0.497 e. The highest BCUT2D eigenvalue weighted by Gasteiger charge is 2.19. The van der Waals surface area contributed by atoms with E-state index in [2.05, 4.69) is 0 Å². The van der Waals surface area contributed by atoms with Gasteiger partial charge in [-0.2, -0.15) is 0 Å². The van der Waals surface area contributed by atoms with Crippen molar-refractivity contribution >= 4 is 27.5 Å². The first-order chi connectivity index (χ1) is 16.1. The lowest BCUT2D eigenvalue weighted by Crippen LogP contribution is -2.17. The SMILES string of the molecule is COc1ccc(-c2oc3ccccc3c(=O)c2OCC(=O)c2ccc3ccccc3c2)cc1. The van der Waals surface area contributed by atoms with E-state index in [4.69, 9.17) is 13.9 Å². The second-order valence-corrected chi connectivity index (χ2v) is 7.59. The quantitative estimate of drug-likeness (QED) is 0.311. The molecule has 0 saturated heterocycles. The maximum absolute atomic E-state index is 13.2. The molecule has 5 nitrogen and oxygen atoms in total. The van der Waals surface area contributed by atoms with Crippen LogP contribution in [0, 0.1) is 0 Å². The Balaban J connectivity index is 1.52. The normalized spacial score (nSPS) is 10.9. The van der Waals surface area contributed by atoms with Crippen LogP contribution in [0.3, 0.4) is 0 Å². The topological polar surface area (TPSA) is 65.7 Å². The number of carbonyl (C=O) groups is 1. The molecule has 5 rings (SSSR count). The van der Waals surface area contributed by atoms with Crippen molar-refractivity contribution in [1.29, 1.82) is 0 Å². The molecule has 0 aliphatic carbocycles. The highest BCUT2D eigenvalue weighted by atomic mass is 16.5. The molecule has 0 fully saturated rings. The lowest BCUT2D eigenvalue weighted by molar-refractivity contribution is 0.0920. The zero-order chi connectivity index (χ0) is 22.8. The number of carbonyl (C=O) groups excluding carboxylic acids is 1. The van der Waals surface area contributed by atoms with Crippen LogP contribution < -0.4 is 14.9 Å². The summed E-state index contributed by atoms with van der Waals surface area (Å²) in [6.45, 7) is -0.287. The zero-order valence-corrected chi connectivity index (χ0v) is 17.9. The van der Waals surface area contributed by atoms with Crippen molar-refractivity contribution < 1.29 is 18.7 Å². The zero-order valence-electron chi connectivity index (χ0n) is 17.9. The number of ketones is 1. The van der Waals surface area contributed by atoms with E-state index in [0.29, 0.717) is 27.8 Å². The molecule has 1 heterocycles. The van der Waals surface area contributed by atoms with Crippen LogP contribution in [0.5, 0.6) is 11.5 Å². The number of benzene rings is 4. The number of rotatable bonds is 6. The third-order valence-corrected chi connectivity index (χ3v) is 5.53. The van der Waals surface area contributed by atoms with Gasteiger partial charge in [-0.15, -0.1) is 0 Å². The van der Waals surface area contributed by atoms with E-state index < -0.39 is 0 Å². The first kappa shape index (κ1) is 20.5. The van der Waals surface area contributed by atoms with E-state index in [0.717, 1.165) is 10.8 Å². The van der Waals surface area contributed by atoms with E-state index in [-0.39, 0.29) is 29.3 Å². The smallest absolute Gasteiger partial charge is 0.235 e. The van der Waals surface area contributed by atoms with Crippen molar-refractivity contribution in [2.45, 2.75) is 0 Å². The highest BCUT2D eigenvalue weighted by Crippen LogP contribution is 2.32. The van der Waals surface area contributed by atoms with Crippen LogP contribution in [0.25, 0.3) is 33.1 Å². The summed E-state index contributed by atoms with van der Waals surface area (Å²) in [5.41, 5.74) is 1.28. The van der Waals surface area contributed by atoms with Gasteiger partial charge in [0.05, 0.1) is 12.5 Å². The summed E-state index contributed by atoms with van der Waals surface area (Å²) in [5.74, 6) is 0.727. The van der Waals surface area contributed by atoms with Gasteiger partial charge in [0, 0.05) is 11.1 Å². The average molecular weight is 436 g/mol. The standard InChI is InChI=1S/C28H20O5/c1-31-22-14-12-19(13-15-22)27-28(26(30)23-8-4-5-9-25(23)33-27)32-17-24(29)21-11-10-18-6-2-3-7-20(18)16-21/h2-16H,17H2,1H3. The van der Waals surface area contributed by atoms with Gasteiger partial charge in [0.1, 0.15) is 11.3 Å². The van der Waals surface area contributed by atoms with E-state index in [1.807, 2.05) is 36.4 Å². The van der Waals surface area contributed by atoms with Gasteiger partial charge in [0.15, 0.2) is 18.2 Å². The molecule has 1 aromatic heterocycles. The monoisotopic (exact) mass is 436 g/mol. The Hall–Kier alpha value is -4.38. The van der Waals surface area contributed by atoms with E-state index in [1.54, 1.807) is 61.7 Å². The van der Waals surface area contributed by atoms with Crippen molar-refractivity contribution in [1.82, 2.24) is 0 Å². The van der Waals surface area contributed by atoms with Gasteiger partial charge in [-0.3, -0.25) is 9.59 Å². The van der Waals surface area contributed by atoms with Crippen LogP contribution in [-0.2, 0) is 0 Å². The number of Topliss-reactive ketones (excluding diaryl/α,β-unsaturated/α-hetero) is 1. The minimum absolute atomic E-state index is 0.00741. The van der Waals surface area contributed by atoms with E-state index >= 15 is 0 Å². The van der Waals surface area contributed by atoms with Crippen LogP contribution in [-0.4, -0.2) is 19.5 Å². The van der Waals surface area contributed by atoms with Crippen LogP contribution >= 0.6 is 0 Å². The fourth-order valence-electron chi connectivity index (χ4n) is 3.77. The molecule has 33 heavy (non-hydrogen) atoms. The third kappa shape index (κ3) is 3.96. The maximum Gasteiger partial charge on any atom is 0.235 e. The van der Waals surface area contributed by atoms with Crippen LogP contribution in [0.2, 0.25) is 0 Å². The summed E-state index contributed by atoms with van der Waals surface area (Å²) >= 11 is 0. The molecule has 4 aromatic carbocycles. The molecule has 0 radical (unpaired) electrons. The van der Waals surface area contributed by atoms with Crippen molar-refractivity contribution in [3.8, 4) is 22.8 Å².